The SMILES string of the molecule is c1ccc(CN2CCN(c3nnc(-c4nc(C5CC5)no4)c4ccccc34)CC2)cc1. The van der Waals surface area contributed by atoms with E-state index >= 15 is 0 Å². The second kappa shape index (κ2) is 7.74. The molecule has 3 heterocycles. The van der Waals surface area contributed by atoms with E-state index in [0.29, 0.717) is 17.5 Å². The van der Waals surface area contributed by atoms with Crippen molar-refractivity contribution in [1.82, 2.24) is 25.2 Å². The van der Waals surface area contributed by atoms with Gasteiger partial charge in [0.05, 0.1) is 0 Å². The van der Waals surface area contributed by atoms with Crippen molar-refractivity contribution in [2.24, 2.45) is 0 Å². The number of piperazine rings is 1. The molecule has 2 aliphatic rings. The van der Waals surface area contributed by atoms with E-state index < -0.39 is 0 Å². The fourth-order valence-electron chi connectivity index (χ4n) is 4.28. The molecule has 0 atom stereocenters. The van der Waals surface area contributed by atoms with Crippen molar-refractivity contribution in [2.75, 3.05) is 31.1 Å². The van der Waals surface area contributed by atoms with Gasteiger partial charge in [0.15, 0.2) is 17.3 Å². The quantitative estimate of drug-likeness (QED) is 0.493. The van der Waals surface area contributed by atoms with Gasteiger partial charge in [-0.1, -0.05) is 59.8 Å². The smallest absolute Gasteiger partial charge is 0.279 e. The molecule has 31 heavy (non-hydrogen) atoms. The second-order valence-electron chi connectivity index (χ2n) is 8.40. The van der Waals surface area contributed by atoms with Gasteiger partial charge in [-0.05, 0) is 18.4 Å². The van der Waals surface area contributed by atoms with Crippen LogP contribution in [0.2, 0.25) is 0 Å². The maximum Gasteiger partial charge on any atom is 0.279 e. The molecule has 1 aliphatic carbocycles. The van der Waals surface area contributed by atoms with Crippen LogP contribution in [0.1, 0.15) is 30.1 Å². The highest BCUT2D eigenvalue weighted by Gasteiger charge is 2.30. The van der Waals surface area contributed by atoms with Crippen LogP contribution in [0, 0.1) is 0 Å². The van der Waals surface area contributed by atoms with E-state index in [4.69, 9.17) is 4.52 Å². The van der Waals surface area contributed by atoms with Crippen LogP contribution in [-0.2, 0) is 6.54 Å². The van der Waals surface area contributed by atoms with Crippen LogP contribution in [-0.4, -0.2) is 51.4 Å². The first-order chi connectivity index (χ1) is 15.3. The summed E-state index contributed by atoms with van der Waals surface area (Å²) in [7, 11) is 0. The lowest BCUT2D eigenvalue weighted by molar-refractivity contribution is 0.249. The molecule has 4 aromatic rings. The average Bonchev–Trinajstić information content (AvgIpc) is 3.56. The first-order valence-corrected chi connectivity index (χ1v) is 11.0. The highest BCUT2D eigenvalue weighted by molar-refractivity contribution is 5.99. The fourth-order valence-corrected chi connectivity index (χ4v) is 4.28. The van der Waals surface area contributed by atoms with E-state index in [0.717, 1.165) is 68.0 Å². The first-order valence-electron chi connectivity index (χ1n) is 11.0. The Hall–Kier alpha value is -3.32. The van der Waals surface area contributed by atoms with Crippen molar-refractivity contribution >= 4 is 16.6 Å². The number of rotatable bonds is 5. The van der Waals surface area contributed by atoms with E-state index in [9.17, 15) is 0 Å². The number of fused-ring (bicyclic) bond motifs is 1. The molecule has 0 bridgehead atoms. The number of nitrogens with zero attached hydrogens (tertiary/aromatic N) is 6. The van der Waals surface area contributed by atoms with Crippen LogP contribution in [0.4, 0.5) is 5.82 Å². The van der Waals surface area contributed by atoms with Gasteiger partial charge in [-0.15, -0.1) is 10.2 Å². The number of anilines is 1. The first kappa shape index (κ1) is 18.4. The highest BCUT2D eigenvalue weighted by Crippen LogP contribution is 2.39. The Balaban J connectivity index is 1.25. The molecule has 2 aromatic heterocycles. The molecule has 6 rings (SSSR count). The summed E-state index contributed by atoms with van der Waals surface area (Å²) in [5.41, 5.74) is 2.03. The predicted molar refractivity (Wildman–Crippen MR) is 119 cm³/mol. The van der Waals surface area contributed by atoms with Crippen molar-refractivity contribution in [3.8, 4) is 11.6 Å². The Morgan fingerprint density at radius 1 is 0.839 bits per heavy atom. The number of hydrogen-bond donors (Lipinski definition) is 0. The molecule has 7 nitrogen and oxygen atoms in total. The Kier molecular flexibility index (Phi) is 4.61. The summed E-state index contributed by atoms with van der Waals surface area (Å²) in [4.78, 5) is 9.42. The largest absolute Gasteiger partial charge is 0.352 e. The molecular weight excluding hydrogens is 388 g/mol. The van der Waals surface area contributed by atoms with Crippen molar-refractivity contribution in [3.05, 3.63) is 66.0 Å². The average molecular weight is 412 g/mol. The van der Waals surface area contributed by atoms with Crippen LogP contribution in [0.5, 0.6) is 0 Å². The molecule has 7 heteroatoms. The Bertz CT molecular complexity index is 1200. The molecule has 0 spiro atoms. The van der Waals surface area contributed by atoms with Crippen molar-refractivity contribution in [2.45, 2.75) is 25.3 Å². The Morgan fingerprint density at radius 3 is 2.35 bits per heavy atom. The van der Waals surface area contributed by atoms with Crippen LogP contribution >= 0.6 is 0 Å². The van der Waals surface area contributed by atoms with Crippen LogP contribution < -0.4 is 4.90 Å². The molecule has 2 fully saturated rings. The molecule has 1 saturated carbocycles. The second-order valence-corrected chi connectivity index (χ2v) is 8.40. The van der Waals surface area contributed by atoms with E-state index in [2.05, 4.69) is 72.6 Å². The summed E-state index contributed by atoms with van der Waals surface area (Å²) >= 11 is 0. The third-order valence-corrected chi connectivity index (χ3v) is 6.18. The van der Waals surface area contributed by atoms with Gasteiger partial charge in [0.2, 0.25) is 0 Å². The molecular formula is C24H24N6O. The zero-order chi connectivity index (χ0) is 20.6. The normalized spacial score (nSPS) is 17.4. The number of benzene rings is 2. The van der Waals surface area contributed by atoms with Gasteiger partial charge in [-0.2, -0.15) is 4.98 Å². The summed E-state index contributed by atoms with van der Waals surface area (Å²) in [5.74, 6) is 2.63. The zero-order valence-corrected chi connectivity index (χ0v) is 17.3. The van der Waals surface area contributed by atoms with Crippen molar-refractivity contribution < 1.29 is 4.52 Å². The van der Waals surface area contributed by atoms with Crippen LogP contribution in [0.15, 0.2) is 59.1 Å². The van der Waals surface area contributed by atoms with Crippen LogP contribution in [0.25, 0.3) is 22.4 Å². The van der Waals surface area contributed by atoms with E-state index in [1.54, 1.807) is 0 Å². The van der Waals surface area contributed by atoms with Gasteiger partial charge in [-0.25, -0.2) is 0 Å². The molecule has 0 N–H and O–H groups in total. The topological polar surface area (TPSA) is 71.2 Å². The van der Waals surface area contributed by atoms with Gasteiger partial charge in [0.25, 0.3) is 5.89 Å². The van der Waals surface area contributed by atoms with Gasteiger partial charge >= 0.3 is 0 Å². The van der Waals surface area contributed by atoms with Gasteiger partial charge in [0, 0.05) is 49.4 Å². The third-order valence-electron chi connectivity index (χ3n) is 6.18. The summed E-state index contributed by atoms with van der Waals surface area (Å²) in [6, 6.07) is 18.9. The van der Waals surface area contributed by atoms with E-state index in [1.165, 1.54) is 5.56 Å². The maximum atomic E-state index is 5.53. The maximum absolute atomic E-state index is 5.53. The zero-order valence-electron chi connectivity index (χ0n) is 17.3. The van der Waals surface area contributed by atoms with Gasteiger partial charge in [0.1, 0.15) is 0 Å². The summed E-state index contributed by atoms with van der Waals surface area (Å²) in [6.45, 7) is 4.84. The molecule has 156 valence electrons. The lowest BCUT2D eigenvalue weighted by atomic mass is 10.1. The summed E-state index contributed by atoms with van der Waals surface area (Å²) in [6.07, 6.45) is 2.28. The van der Waals surface area contributed by atoms with Gasteiger partial charge in [-0.3, -0.25) is 4.90 Å². The molecule has 1 saturated heterocycles. The monoisotopic (exact) mass is 412 g/mol. The minimum atomic E-state index is 0.447. The highest BCUT2D eigenvalue weighted by atomic mass is 16.5. The Morgan fingerprint density at radius 2 is 1.58 bits per heavy atom. The van der Waals surface area contributed by atoms with E-state index in [1.807, 2.05) is 12.1 Å². The standard InChI is InChI=1S/C24H24N6O/c1-2-6-17(7-3-1)16-29-12-14-30(15-13-29)23-20-9-5-4-8-19(20)21(26-27-23)24-25-22(28-31-24)18-10-11-18/h1-9,18H,10-16H2. The molecule has 1 aliphatic heterocycles. The predicted octanol–water partition coefficient (Wildman–Crippen LogP) is 3.88. The van der Waals surface area contributed by atoms with Gasteiger partial charge < -0.3 is 9.42 Å². The summed E-state index contributed by atoms with van der Waals surface area (Å²) < 4.78 is 5.53. The number of aromatic nitrogens is 4. The summed E-state index contributed by atoms with van der Waals surface area (Å²) in [5, 5.41) is 15.4. The fraction of sp³-hybridized carbons (Fsp3) is 0.333. The molecule has 0 radical (unpaired) electrons. The lowest BCUT2D eigenvalue weighted by Crippen LogP contribution is -2.46. The van der Waals surface area contributed by atoms with Crippen LogP contribution in [0.3, 0.4) is 0 Å². The lowest BCUT2D eigenvalue weighted by Gasteiger charge is -2.35. The Labute approximate surface area is 180 Å². The molecule has 0 amide bonds. The van der Waals surface area contributed by atoms with Crippen molar-refractivity contribution in [1.29, 1.82) is 0 Å². The minimum absolute atomic E-state index is 0.447. The number of hydrogen-bond acceptors (Lipinski definition) is 7. The minimum Gasteiger partial charge on any atom is -0.352 e. The van der Waals surface area contributed by atoms with E-state index in [-0.39, 0.29) is 0 Å². The third kappa shape index (κ3) is 3.65. The molecule has 2 aromatic carbocycles. The molecule has 0 unspecified atom stereocenters. The van der Waals surface area contributed by atoms with Crippen molar-refractivity contribution in [3.63, 3.8) is 0 Å².